The number of carbonyl (C=O) groups is 1. The molecule has 0 unspecified atom stereocenters. The Morgan fingerprint density at radius 1 is 1.50 bits per heavy atom. The molecular formula is C11H11N2O5-. The monoisotopic (exact) mass is 251 g/mol. The Hall–Kier alpha value is -2.15. The van der Waals surface area contributed by atoms with Gasteiger partial charge in [-0.1, -0.05) is 11.8 Å². The third kappa shape index (κ3) is 2.57. The summed E-state index contributed by atoms with van der Waals surface area (Å²) in [5.41, 5.74) is -0.332. The molecule has 96 valence electrons. The highest BCUT2D eigenvalue weighted by Crippen LogP contribution is 2.26. The van der Waals surface area contributed by atoms with Gasteiger partial charge in [0.05, 0.1) is 4.92 Å². The molecule has 1 amide bonds. The summed E-state index contributed by atoms with van der Waals surface area (Å²) in [6.07, 6.45) is 0.801. The van der Waals surface area contributed by atoms with E-state index in [9.17, 15) is 20.0 Å². The lowest BCUT2D eigenvalue weighted by atomic mass is 10.2. The van der Waals surface area contributed by atoms with Gasteiger partial charge in [-0.15, -0.1) is 0 Å². The van der Waals surface area contributed by atoms with Crippen LogP contribution in [-0.4, -0.2) is 23.5 Å². The van der Waals surface area contributed by atoms with Gasteiger partial charge in [-0.2, -0.15) is 0 Å². The molecule has 0 bridgehead atoms. The molecule has 0 spiro atoms. The first kappa shape index (κ1) is 12.3. The molecule has 1 heterocycles. The molecule has 1 aliphatic rings. The molecule has 7 nitrogen and oxygen atoms in total. The van der Waals surface area contributed by atoms with Crippen molar-refractivity contribution in [2.75, 3.05) is 11.9 Å². The van der Waals surface area contributed by atoms with Crippen LogP contribution in [-0.2, 0) is 9.53 Å². The number of amides is 1. The molecule has 1 atom stereocenters. The van der Waals surface area contributed by atoms with Crippen LogP contribution < -0.4 is 10.4 Å². The van der Waals surface area contributed by atoms with Crippen molar-refractivity contribution in [3.63, 3.8) is 0 Å². The van der Waals surface area contributed by atoms with E-state index in [0.717, 1.165) is 24.6 Å². The standard InChI is InChI=1S/C11H12N2O5/c14-9-4-3-7(13(16)17)6-8(9)12-11(15)10-2-1-5-18-10/h3-4,6,10,14H,1-2,5H2,(H,12,15)/p-1/t10-/m0/s1. The van der Waals surface area contributed by atoms with Crippen molar-refractivity contribution in [2.45, 2.75) is 18.9 Å². The number of hydrogen-bond acceptors (Lipinski definition) is 5. The Labute approximate surface area is 103 Å². The van der Waals surface area contributed by atoms with Gasteiger partial charge in [-0.25, -0.2) is 0 Å². The number of nitrogens with one attached hydrogen (secondary N) is 1. The minimum absolute atomic E-state index is 0.0929. The summed E-state index contributed by atoms with van der Waals surface area (Å²) < 4.78 is 5.16. The Balaban J connectivity index is 2.14. The van der Waals surface area contributed by atoms with E-state index in [2.05, 4.69) is 5.32 Å². The molecule has 2 rings (SSSR count). The number of carbonyl (C=O) groups excluding carboxylic acids is 1. The number of nitro groups is 1. The fourth-order valence-electron chi connectivity index (χ4n) is 1.73. The van der Waals surface area contributed by atoms with Crippen molar-refractivity contribution in [3.05, 3.63) is 28.3 Å². The van der Waals surface area contributed by atoms with E-state index in [0.29, 0.717) is 13.0 Å². The quantitative estimate of drug-likeness (QED) is 0.631. The van der Waals surface area contributed by atoms with Gasteiger partial charge in [0, 0.05) is 24.4 Å². The smallest absolute Gasteiger partial charge is 0.271 e. The third-order valence-corrected chi connectivity index (χ3v) is 2.65. The highest BCUT2D eigenvalue weighted by molar-refractivity contribution is 5.95. The van der Waals surface area contributed by atoms with E-state index >= 15 is 0 Å². The summed E-state index contributed by atoms with van der Waals surface area (Å²) in [5.74, 6) is -0.906. The number of nitro benzene ring substituents is 1. The van der Waals surface area contributed by atoms with E-state index < -0.39 is 22.7 Å². The van der Waals surface area contributed by atoms with Crippen LogP contribution in [0.15, 0.2) is 18.2 Å². The predicted octanol–water partition coefficient (Wildman–Crippen LogP) is 0.786. The summed E-state index contributed by atoms with van der Waals surface area (Å²) in [6.45, 7) is 0.511. The van der Waals surface area contributed by atoms with Gasteiger partial charge >= 0.3 is 0 Å². The van der Waals surface area contributed by atoms with Crippen molar-refractivity contribution in [1.82, 2.24) is 0 Å². The fraction of sp³-hybridized carbons (Fsp3) is 0.364. The minimum Gasteiger partial charge on any atom is -0.871 e. The number of ether oxygens (including phenoxy) is 1. The maximum absolute atomic E-state index is 11.7. The zero-order valence-corrected chi connectivity index (χ0v) is 9.42. The second-order valence-corrected chi connectivity index (χ2v) is 3.93. The summed E-state index contributed by atoms with van der Waals surface area (Å²) in [7, 11) is 0. The Morgan fingerprint density at radius 2 is 2.28 bits per heavy atom. The average molecular weight is 251 g/mol. The summed E-state index contributed by atoms with van der Waals surface area (Å²) in [5, 5.41) is 24.4. The van der Waals surface area contributed by atoms with E-state index in [1.54, 1.807) is 0 Å². The van der Waals surface area contributed by atoms with Crippen LogP contribution in [0, 0.1) is 10.1 Å². The molecule has 1 aliphatic heterocycles. The van der Waals surface area contributed by atoms with Crippen molar-refractivity contribution in [1.29, 1.82) is 0 Å². The molecule has 0 saturated carbocycles. The maximum Gasteiger partial charge on any atom is 0.271 e. The topological polar surface area (TPSA) is 105 Å². The number of benzene rings is 1. The van der Waals surface area contributed by atoms with Crippen molar-refractivity contribution in [2.24, 2.45) is 0 Å². The van der Waals surface area contributed by atoms with Gasteiger partial charge in [0.25, 0.3) is 11.6 Å². The zero-order chi connectivity index (χ0) is 13.1. The van der Waals surface area contributed by atoms with Gasteiger partial charge in [0.1, 0.15) is 6.10 Å². The Bertz CT molecular complexity index is 482. The van der Waals surface area contributed by atoms with Crippen LogP contribution in [0.3, 0.4) is 0 Å². The van der Waals surface area contributed by atoms with Gasteiger partial charge in [0.2, 0.25) is 0 Å². The highest BCUT2D eigenvalue weighted by atomic mass is 16.6. The van der Waals surface area contributed by atoms with E-state index in [1.807, 2.05) is 0 Å². The van der Waals surface area contributed by atoms with Crippen LogP contribution in [0.5, 0.6) is 5.75 Å². The molecule has 1 aromatic rings. The first-order chi connectivity index (χ1) is 8.58. The van der Waals surface area contributed by atoms with Crippen LogP contribution >= 0.6 is 0 Å². The third-order valence-electron chi connectivity index (χ3n) is 2.65. The summed E-state index contributed by atoms with van der Waals surface area (Å²) in [4.78, 5) is 21.7. The molecule has 1 aromatic carbocycles. The summed E-state index contributed by atoms with van der Waals surface area (Å²) >= 11 is 0. The molecule has 0 radical (unpaired) electrons. The number of non-ortho nitro benzene ring substituents is 1. The van der Waals surface area contributed by atoms with Crippen LogP contribution in [0.1, 0.15) is 12.8 Å². The Kier molecular flexibility index (Phi) is 3.42. The average Bonchev–Trinajstić information content (AvgIpc) is 2.85. The van der Waals surface area contributed by atoms with Crippen molar-refractivity contribution < 1.29 is 19.6 Å². The lowest BCUT2D eigenvalue weighted by Gasteiger charge is -2.16. The molecular weight excluding hydrogens is 240 g/mol. The first-order valence-corrected chi connectivity index (χ1v) is 5.46. The van der Waals surface area contributed by atoms with E-state index in [-0.39, 0.29) is 11.4 Å². The lowest BCUT2D eigenvalue weighted by molar-refractivity contribution is -0.385. The van der Waals surface area contributed by atoms with Gasteiger partial charge < -0.3 is 15.2 Å². The number of anilines is 1. The van der Waals surface area contributed by atoms with Crippen molar-refractivity contribution >= 4 is 17.3 Å². The molecule has 7 heteroatoms. The second-order valence-electron chi connectivity index (χ2n) is 3.93. The first-order valence-electron chi connectivity index (χ1n) is 5.46. The lowest BCUT2D eigenvalue weighted by Crippen LogP contribution is -2.27. The van der Waals surface area contributed by atoms with Crippen molar-refractivity contribution in [3.8, 4) is 5.75 Å². The fourth-order valence-corrected chi connectivity index (χ4v) is 1.73. The normalized spacial score (nSPS) is 18.6. The van der Waals surface area contributed by atoms with Gasteiger partial charge in [-0.3, -0.25) is 14.9 Å². The zero-order valence-electron chi connectivity index (χ0n) is 9.42. The van der Waals surface area contributed by atoms with E-state index in [4.69, 9.17) is 4.74 Å². The van der Waals surface area contributed by atoms with Crippen LogP contribution in [0.25, 0.3) is 0 Å². The number of nitrogens with zero attached hydrogens (tertiary/aromatic N) is 1. The largest absolute Gasteiger partial charge is 0.871 e. The van der Waals surface area contributed by atoms with Crippen LogP contribution in [0.2, 0.25) is 0 Å². The van der Waals surface area contributed by atoms with Gasteiger partial charge in [0.15, 0.2) is 0 Å². The SMILES string of the molecule is O=C(Nc1cc([N+](=O)[O-])ccc1[O-])[C@@H]1CCCO1. The highest BCUT2D eigenvalue weighted by Gasteiger charge is 2.24. The Morgan fingerprint density at radius 3 is 2.89 bits per heavy atom. The van der Waals surface area contributed by atoms with Crippen LogP contribution in [0.4, 0.5) is 11.4 Å². The predicted molar refractivity (Wildman–Crippen MR) is 60.1 cm³/mol. The number of rotatable bonds is 3. The summed E-state index contributed by atoms with van der Waals surface area (Å²) in [6, 6.07) is 3.21. The molecule has 1 fully saturated rings. The molecule has 1 saturated heterocycles. The van der Waals surface area contributed by atoms with Gasteiger partial charge in [-0.05, 0) is 12.8 Å². The molecule has 0 aliphatic carbocycles. The molecule has 18 heavy (non-hydrogen) atoms. The second kappa shape index (κ2) is 5.01. The number of hydrogen-bond donors (Lipinski definition) is 1. The van der Waals surface area contributed by atoms with E-state index in [1.165, 1.54) is 0 Å². The minimum atomic E-state index is -0.624. The molecule has 0 aromatic heterocycles. The molecule has 1 N–H and O–H groups in total. The maximum atomic E-state index is 11.7.